The van der Waals surface area contributed by atoms with Crippen LogP contribution in [0.3, 0.4) is 0 Å². The Kier molecular flexibility index (Phi) is 8.21. The maximum absolute atomic E-state index is 6.22. The van der Waals surface area contributed by atoms with Crippen LogP contribution in [0.2, 0.25) is 0 Å². The van der Waals surface area contributed by atoms with Crippen molar-refractivity contribution in [3.05, 3.63) is 22.4 Å². The molecule has 1 aromatic rings. The summed E-state index contributed by atoms with van der Waals surface area (Å²) in [5.41, 5.74) is 6.22. The highest BCUT2D eigenvalue weighted by Crippen LogP contribution is 2.26. The van der Waals surface area contributed by atoms with E-state index < -0.39 is 0 Å². The molecule has 6 nitrogen and oxygen atoms in total. The summed E-state index contributed by atoms with van der Waals surface area (Å²) in [6.45, 7) is 8.61. The number of rotatable bonds is 4. The number of hydrogen-bond acceptors (Lipinski definition) is 5. The van der Waals surface area contributed by atoms with Gasteiger partial charge in [-0.25, -0.2) is 0 Å². The monoisotopic (exact) mass is 466 g/mol. The molecule has 0 bridgehead atoms. The van der Waals surface area contributed by atoms with Crippen molar-refractivity contribution < 1.29 is 9.47 Å². The lowest BCUT2D eigenvalue weighted by Gasteiger charge is -2.34. The Bertz CT molecular complexity index is 508. The van der Waals surface area contributed by atoms with Gasteiger partial charge in [-0.15, -0.1) is 35.3 Å². The van der Waals surface area contributed by atoms with E-state index in [9.17, 15) is 0 Å². The van der Waals surface area contributed by atoms with Gasteiger partial charge in [0.25, 0.3) is 0 Å². The first-order valence-electron chi connectivity index (χ1n) is 8.25. The molecule has 0 amide bonds. The Morgan fingerprint density at radius 3 is 2.83 bits per heavy atom. The number of nitrogens with zero attached hydrogens (tertiary/aromatic N) is 3. The van der Waals surface area contributed by atoms with E-state index in [1.54, 1.807) is 11.3 Å². The smallest absolute Gasteiger partial charge is 0.191 e. The van der Waals surface area contributed by atoms with Gasteiger partial charge in [-0.1, -0.05) is 6.07 Å². The third-order valence-corrected chi connectivity index (χ3v) is 5.32. The van der Waals surface area contributed by atoms with Gasteiger partial charge in [-0.3, -0.25) is 9.89 Å². The summed E-state index contributed by atoms with van der Waals surface area (Å²) >= 11 is 1.79. The normalized spacial score (nSPS) is 24.5. The van der Waals surface area contributed by atoms with Crippen molar-refractivity contribution in [3.8, 4) is 0 Å². The third-order valence-electron chi connectivity index (χ3n) is 4.35. The van der Waals surface area contributed by atoms with Crippen LogP contribution in [0, 0.1) is 0 Å². The van der Waals surface area contributed by atoms with E-state index >= 15 is 0 Å². The van der Waals surface area contributed by atoms with Crippen molar-refractivity contribution >= 4 is 41.3 Å². The van der Waals surface area contributed by atoms with Crippen molar-refractivity contribution in [1.29, 1.82) is 0 Å². The number of morpholine rings is 2. The van der Waals surface area contributed by atoms with E-state index in [0.29, 0.717) is 12.5 Å². The zero-order chi connectivity index (χ0) is 16.1. The number of thiophene rings is 1. The highest BCUT2D eigenvalue weighted by molar-refractivity contribution is 14.0. The summed E-state index contributed by atoms with van der Waals surface area (Å²) < 4.78 is 11.0. The van der Waals surface area contributed by atoms with Gasteiger partial charge in [0.05, 0.1) is 38.5 Å². The first-order valence-corrected chi connectivity index (χ1v) is 9.13. The molecule has 2 fully saturated rings. The molecule has 0 aliphatic carbocycles. The average molecular weight is 466 g/mol. The molecule has 0 spiro atoms. The first kappa shape index (κ1) is 19.9. The van der Waals surface area contributed by atoms with E-state index in [1.807, 2.05) is 0 Å². The second-order valence-corrected chi connectivity index (χ2v) is 6.99. The summed E-state index contributed by atoms with van der Waals surface area (Å²) in [4.78, 5) is 10.6. The van der Waals surface area contributed by atoms with Crippen LogP contribution in [-0.4, -0.2) is 74.4 Å². The molecule has 2 atom stereocenters. The van der Waals surface area contributed by atoms with E-state index in [2.05, 4.69) is 34.2 Å². The van der Waals surface area contributed by atoms with Crippen molar-refractivity contribution in [2.75, 3.05) is 52.5 Å². The molecule has 3 rings (SSSR count). The molecule has 2 aliphatic rings. The van der Waals surface area contributed by atoms with Crippen molar-refractivity contribution in [2.24, 2.45) is 10.7 Å². The molecule has 0 saturated carbocycles. The summed E-state index contributed by atoms with van der Waals surface area (Å²) in [7, 11) is 0. The van der Waals surface area contributed by atoms with Crippen LogP contribution in [0.5, 0.6) is 0 Å². The maximum atomic E-state index is 6.22. The largest absolute Gasteiger partial charge is 0.379 e. The minimum Gasteiger partial charge on any atom is -0.379 e. The fourth-order valence-electron chi connectivity index (χ4n) is 3.06. The zero-order valence-corrected chi connectivity index (χ0v) is 17.2. The number of hydrogen-bond donors (Lipinski definition) is 1. The fourth-order valence-corrected chi connectivity index (χ4v) is 3.91. The summed E-state index contributed by atoms with van der Waals surface area (Å²) in [6, 6.07) is 4.58. The van der Waals surface area contributed by atoms with Gasteiger partial charge in [-0.05, 0) is 18.4 Å². The van der Waals surface area contributed by atoms with Gasteiger partial charge >= 0.3 is 0 Å². The predicted octanol–water partition coefficient (Wildman–Crippen LogP) is 1.77. The SMILES string of the molecule is CC1CN(C(N)=NCC(c2cccs2)N2CCOCC2)CCO1.I. The molecule has 3 heterocycles. The van der Waals surface area contributed by atoms with Crippen LogP contribution in [0.15, 0.2) is 22.5 Å². The molecule has 2 aliphatic heterocycles. The summed E-state index contributed by atoms with van der Waals surface area (Å²) in [5.74, 6) is 0.634. The second-order valence-electron chi connectivity index (χ2n) is 6.01. The fraction of sp³-hybridized carbons (Fsp3) is 0.688. The number of halogens is 1. The molecular formula is C16H27IN4O2S. The molecule has 2 unspecified atom stereocenters. The van der Waals surface area contributed by atoms with Gasteiger partial charge < -0.3 is 20.1 Å². The van der Waals surface area contributed by atoms with E-state index in [4.69, 9.17) is 20.2 Å². The van der Waals surface area contributed by atoms with Crippen molar-refractivity contribution in [1.82, 2.24) is 9.80 Å². The quantitative estimate of drug-likeness (QED) is 0.417. The predicted molar refractivity (Wildman–Crippen MR) is 108 cm³/mol. The molecule has 1 aromatic heterocycles. The molecule has 136 valence electrons. The first-order chi connectivity index (χ1) is 11.2. The lowest BCUT2D eigenvalue weighted by molar-refractivity contribution is 0.00494. The molecule has 8 heteroatoms. The Morgan fingerprint density at radius 1 is 1.38 bits per heavy atom. The second kappa shape index (κ2) is 9.91. The maximum Gasteiger partial charge on any atom is 0.191 e. The van der Waals surface area contributed by atoms with Gasteiger partial charge in [0.15, 0.2) is 5.96 Å². The molecule has 24 heavy (non-hydrogen) atoms. The van der Waals surface area contributed by atoms with Crippen LogP contribution in [0.25, 0.3) is 0 Å². The molecule has 0 radical (unpaired) electrons. The summed E-state index contributed by atoms with van der Waals surface area (Å²) in [5, 5.41) is 2.12. The van der Waals surface area contributed by atoms with Gasteiger partial charge in [0.1, 0.15) is 0 Å². The number of nitrogens with two attached hydrogens (primary N) is 1. The van der Waals surface area contributed by atoms with Crippen LogP contribution in [0.4, 0.5) is 0 Å². The van der Waals surface area contributed by atoms with Crippen molar-refractivity contribution in [3.63, 3.8) is 0 Å². The van der Waals surface area contributed by atoms with Gasteiger partial charge in [0.2, 0.25) is 0 Å². The molecular weight excluding hydrogens is 439 g/mol. The Hall–Kier alpha value is -0.420. The Balaban J connectivity index is 0.00000208. The minimum atomic E-state index is 0. The van der Waals surface area contributed by atoms with Gasteiger partial charge in [-0.2, -0.15) is 0 Å². The number of guanidine groups is 1. The topological polar surface area (TPSA) is 63.3 Å². The minimum absolute atomic E-state index is 0. The highest BCUT2D eigenvalue weighted by Gasteiger charge is 2.24. The standard InChI is InChI=1S/C16H26N4O2S.HI/c1-13-12-20(6-9-22-13)16(17)18-11-14(15-3-2-10-23-15)19-4-7-21-8-5-19;/h2-3,10,13-14H,4-9,11-12H2,1H3,(H2,17,18);1H. The number of aliphatic imine (C=N–C) groups is 1. The van der Waals surface area contributed by atoms with Crippen LogP contribution in [-0.2, 0) is 9.47 Å². The lowest BCUT2D eigenvalue weighted by atomic mass is 10.2. The van der Waals surface area contributed by atoms with Crippen molar-refractivity contribution in [2.45, 2.75) is 19.1 Å². The molecule has 2 N–H and O–H groups in total. The zero-order valence-electron chi connectivity index (χ0n) is 14.1. The third kappa shape index (κ3) is 5.29. The van der Waals surface area contributed by atoms with Crippen LogP contribution in [0.1, 0.15) is 17.8 Å². The Morgan fingerprint density at radius 2 is 2.17 bits per heavy atom. The number of ether oxygens (including phenoxy) is 2. The highest BCUT2D eigenvalue weighted by atomic mass is 127. The average Bonchev–Trinajstić information content (AvgIpc) is 3.10. The van der Waals surface area contributed by atoms with E-state index in [-0.39, 0.29) is 36.1 Å². The van der Waals surface area contributed by atoms with E-state index in [0.717, 1.165) is 46.0 Å². The lowest BCUT2D eigenvalue weighted by Crippen LogP contribution is -2.48. The summed E-state index contributed by atoms with van der Waals surface area (Å²) in [6.07, 6.45) is 0.213. The van der Waals surface area contributed by atoms with Gasteiger partial charge in [0, 0.05) is 31.1 Å². The molecule has 0 aromatic carbocycles. The Labute approximate surface area is 165 Å². The van der Waals surface area contributed by atoms with E-state index in [1.165, 1.54) is 4.88 Å². The molecule has 2 saturated heterocycles. The van der Waals surface area contributed by atoms with Crippen LogP contribution >= 0.6 is 35.3 Å². The van der Waals surface area contributed by atoms with Crippen LogP contribution < -0.4 is 5.73 Å².